The van der Waals surface area contributed by atoms with Crippen LogP contribution in [0.4, 0.5) is 5.00 Å². The van der Waals surface area contributed by atoms with Crippen LogP contribution >= 0.6 is 11.3 Å². The van der Waals surface area contributed by atoms with E-state index in [2.05, 4.69) is 12.2 Å². The van der Waals surface area contributed by atoms with E-state index in [4.69, 9.17) is 10.2 Å². The second-order valence-electron chi connectivity index (χ2n) is 5.76. The van der Waals surface area contributed by atoms with E-state index in [1.165, 1.54) is 23.7 Å². The molecule has 2 amide bonds. The Kier molecular flexibility index (Phi) is 4.34. The number of amides is 2. The third kappa shape index (κ3) is 3.37. The van der Waals surface area contributed by atoms with Gasteiger partial charge in [-0.05, 0) is 49.0 Å². The topological polar surface area (TPSA) is 85.3 Å². The molecule has 0 aliphatic heterocycles. The van der Waals surface area contributed by atoms with Crippen LogP contribution in [-0.4, -0.2) is 11.8 Å². The molecule has 1 aliphatic carbocycles. The Hall–Kier alpha value is -2.34. The van der Waals surface area contributed by atoms with Crippen LogP contribution < -0.4 is 11.1 Å². The molecule has 2 aromatic heterocycles. The summed E-state index contributed by atoms with van der Waals surface area (Å²) >= 11 is 1.46. The summed E-state index contributed by atoms with van der Waals surface area (Å²) in [6.45, 7) is 2.19. The van der Waals surface area contributed by atoms with E-state index < -0.39 is 5.91 Å². The molecular formula is C17H18N2O3S. The fraction of sp³-hybridized carbons (Fsp3) is 0.294. The van der Waals surface area contributed by atoms with Crippen molar-refractivity contribution in [2.45, 2.75) is 26.2 Å². The lowest BCUT2D eigenvalue weighted by molar-refractivity contribution is -0.111. The summed E-state index contributed by atoms with van der Waals surface area (Å²) < 4.78 is 5.14. The predicted octanol–water partition coefficient (Wildman–Crippen LogP) is 3.22. The molecule has 120 valence electrons. The minimum Gasteiger partial charge on any atom is -0.465 e. The lowest BCUT2D eigenvalue weighted by atomic mass is 9.88. The molecule has 3 N–H and O–H groups in total. The molecule has 3 rings (SSSR count). The highest BCUT2D eigenvalue weighted by molar-refractivity contribution is 7.17. The number of hydrogen-bond donors (Lipinski definition) is 2. The van der Waals surface area contributed by atoms with Crippen molar-refractivity contribution in [2.24, 2.45) is 11.7 Å². The number of carbonyl (C=O) groups excluding carboxylic acids is 2. The van der Waals surface area contributed by atoms with Crippen LogP contribution in [0.3, 0.4) is 0 Å². The Morgan fingerprint density at radius 1 is 1.48 bits per heavy atom. The van der Waals surface area contributed by atoms with Crippen molar-refractivity contribution >= 4 is 34.2 Å². The first-order valence-electron chi connectivity index (χ1n) is 7.51. The van der Waals surface area contributed by atoms with Gasteiger partial charge in [0.2, 0.25) is 5.91 Å². The van der Waals surface area contributed by atoms with E-state index in [-0.39, 0.29) is 5.91 Å². The van der Waals surface area contributed by atoms with E-state index >= 15 is 0 Å². The van der Waals surface area contributed by atoms with Crippen molar-refractivity contribution in [1.29, 1.82) is 0 Å². The van der Waals surface area contributed by atoms with Crippen LogP contribution in [0.5, 0.6) is 0 Å². The number of hydrogen-bond acceptors (Lipinski definition) is 4. The van der Waals surface area contributed by atoms with Crippen molar-refractivity contribution in [3.63, 3.8) is 0 Å². The molecule has 0 spiro atoms. The maximum Gasteiger partial charge on any atom is 0.251 e. The van der Waals surface area contributed by atoms with Crippen LogP contribution in [-0.2, 0) is 17.6 Å². The first-order chi connectivity index (χ1) is 11.0. The highest BCUT2D eigenvalue weighted by Crippen LogP contribution is 2.39. The van der Waals surface area contributed by atoms with E-state index in [1.54, 1.807) is 18.2 Å². The minimum atomic E-state index is -0.484. The van der Waals surface area contributed by atoms with Gasteiger partial charge >= 0.3 is 0 Å². The third-order valence-corrected chi connectivity index (χ3v) is 5.11. The highest BCUT2D eigenvalue weighted by Gasteiger charge is 2.26. The molecule has 5 nitrogen and oxygen atoms in total. The number of thiophene rings is 1. The van der Waals surface area contributed by atoms with Gasteiger partial charge in [-0.1, -0.05) is 6.92 Å². The fourth-order valence-electron chi connectivity index (χ4n) is 2.80. The summed E-state index contributed by atoms with van der Waals surface area (Å²) in [7, 11) is 0. The molecule has 1 unspecified atom stereocenters. The van der Waals surface area contributed by atoms with E-state index in [0.29, 0.717) is 22.2 Å². The summed E-state index contributed by atoms with van der Waals surface area (Å²) in [5.74, 6) is 0.386. The standard InChI is InChI=1S/C17H18N2O3S/c1-10-4-6-12-13(9-10)23-17(15(12)16(18)21)19-14(20)7-5-11-3-2-8-22-11/h2-3,5,7-8,10H,4,6,9H2,1H3,(H2,18,21)(H,19,20)/b7-5+. The Balaban J connectivity index is 1.82. The number of nitrogens with one attached hydrogen (secondary N) is 1. The van der Waals surface area contributed by atoms with Crippen molar-refractivity contribution in [3.8, 4) is 0 Å². The zero-order valence-corrected chi connectivity index (χ0v) is 13.6. The van der Waals surface area contributed by atoms with E-state index in [1.807, 2.05) is 0 Å². The summed E-state index contributed by atoms with van der Waals surface area (Å²) in [5.41, 5.74) is 7.00. The zero-order chi connectivity index (χ0) is 16.4. The molecule has 0 bridgehead atoms. The number of anilines is 1. The summed E-state index contributed by atoms with van der Waals surface area (Å²) in [6.07, 6.45) is 7.30. The van der Waals surface area contributed by atoms with Gasteiger partial charge < -0.3 is 15.5 Å². The Bertz CT molecular complexity index is 759. The summed E-state index contributed by atoms with van der Waals surface area (Å²) in [6, 6.07) is 3.50. The number of primary amides is 1. The largest absolute Gasteiger partial charge is 0.465 e. The molecule has 2 aromatic rings. The van der Waals surface area contributed by atoms with Gasteiger partial charge in [-0.25, -0.2) is 0 Å². The molecule has 0 fully saturated rings. The highest BCUT2D eigenvalue weighted by atomic mass is 32.1. The monoisotopic (exact) mass is 330 g/mol. The fourth-order valence-corrected chi connectivity index (χ4v) is 4.22. The van der Waals surface area contributed by atoms with Gasteiger partial charge in [-0.15, -0.1) is 11.3 Å². The maximum atomic E-state index is 12.1. The summed E-state index contributed by atoms with van der Waals surface area (Å²) in [4.78, 5) is 25.0. The quantitative estimate of drug-likeness (QED) is 0.844. The molecule has 0 saturated heterocycles. The lowest BCUT2D eigenvalue weighted by Gasteiger charge is -2.18. The van der Waals surface area contributed by atoms with Crippen molar-refractivity contribution in [2.75, 3.05) is 5.32 Å². The van der Waals surface area contributed by atoms with Gasteiger partial charge in [0.05, 0.1) is 11.8 Å². The first kappa shape index (κ1) is 15.6. The van der Waals surface area contributed by atoms with Gasteiger partial charge in [-0.3, -0.25) is 9.59 Å². The minimum absolute atomic E-state index is 0.310. The Labute approximate surface area is 138 Å². The van der Waals surface area contributed by atoms with Gasteiger partial charge in [0.1, 0.15) is 10.8 Å². The molecule has 1 atom stereocenters. The molecule has 1 aliphatic rings. The van der Waals surface area contributed by atoms with Crippen LogP contribution in [0.2, 0.25) is 0 Å². The van der Waals surface area contributed by atoms with Crippen LogP contribution in [0.15, 0.2) is 28.9 Å². The van der Waals surface area contributed by atoms with Crippen molar-refractivity contribution in [3.05, 3.63) is 46.2 Å². The number of fused-ring (bicyclic) bond motifs is 1. The Morgan fingerprint density at radius 3 is 3.00 bits per heavy atom. The van der Waals surface area contributed by atoms with Crippen LogP contribution in [0, 0.1) is 5.92 Å². The summed E-state index contributed by atoms with van der Waals surface area (Å²) in [5, 5.41) is 3.32. The van der Waals surface area contributed by atoms with Gasteiger partial charge in [0, 0.05) is 11.0 Å². The third-order valence-electron chi connectivity index (χ3n) is 3.94. The molecule has 0 radical (unpaired) electrons. The molecule has 23 heavy (non-hydrogen) atoms. The van der Waals surface area contributed by atoms with Crippen molar-refractivity contribution < 1.29 is 14.0 Å². The van der Waals surface area contributed by atoms with Gasteiger partial charge in [-0.2, -0.15) is 0 Å². The molecule has 2 heterocycles. The average Bonchev–Trinajstić information content (AvgIpc) is 3.11. The normalized spacial score (nSPS) is 17.2. The van der Waals surface area contributed by atoms with Crippen molar-refractivity contribution in [1.82, 2.24) is 0 Å². The molecule has 0 saturated carbocycles. The predicted molar refractivity (Wildman–Crippen MR) is 90.4 cm³/mol. The SMILES string of the molecule is CC1CCc2c(sc(NC(=O)/C=C/c3ccco3)c2C(N)=O)C1. The van der Waals surface area contributed by atoms with Crippen LogP contribution in [0.1, 0.15) is 39.9 Å². The van der Waals surface area contributed by atoms with Crippen LogP contribution in [0.25, 0.3) is 6.08 Å². The smallest absolute Gasteiger partial charge is 0.251 e. The first-order valence-corrected chi connectivity index (χ1v) is 8.33. The molecule has 0 aromatic carbocycles. The number of carbonyl (C=O) groups is 2. The van der Waals surface area contributed by atoms with Gasteiger partial charge in [0.15, 0.2) is 0 Å². The van der Waals surface area contributed by atoms with E-state index in [0.717, 1.165) is 29.7 Å². The van der Waals surface area contributed by atoms with E-state index in [9.17, 15) is 9.59 Å². The number of rotatable bonds is 4. The zero-order valence-electron chi connectivity index (χ0n) is 12.8. The maximum absolute atomic E-state index is 12.1. The number of furan rings is 1. The second-order valence-corrected chi connectivity index (χ2v) is 6.86. The molecule has 6 heteroatoms. The second kappa shape index (κ2) is 6.42. The Morgan fingerprint density at radius 2 is 2.30 bits per heavy atom. The molecular weight excluding hydrogens is 312 g/mol. The lowest BCUT2D eigenvalue weighted by Crippen LogP contribution is -2.18. The van der Waals surface area contributed by atoms with Gasteiger partial charge in [0.25, 0.3) is 5.91 Å². The average molecular weight is 330 g/mol. The number of nitrogens with two attached hydrogens (primary N) is 1.